The summed E-state index contributed by atoms with van der Waals surface area (Å²) in [5.41, 5.74) is 2.10. The van der Waals surface area contributed by atoms with Gasteiger partial charge in [-0.25, -0.2) is 4.98 Å². The van der Waals surface area contributed by atoms with E-state index in [1.54, 1.807) is 7.11 Å². The van der Waals surface area contributed by atoms with Gasteiger partial charge in [-0.15, -0.1) is 11.3 Å². The van der Waals surface area contributed by atoms with Crippen LogP contribution in [0, 0.1) is 5.92 Å². The molecular weight excluding hydrogens is 268 g/mol. The van der Waals surface area contributed by atoms with Gasteiger partial charge in [-0.05, 0) is 24.8 Å². The summed E-state index contributed by atoms with van der Waals surface area (Å²) in [6.45, 7) is 2.36. The number of nitrogens with one attached hydrogen (secondary N) is 1. The van der Waals surface area contributed by atoms with Crippen molar-refractivity contribution in [1.82, 2.24) is 4.98 Å². The minimum atomic E-state index is 0.660. The highest BCUT2D eigenvalue weighted by Crippen LogP contribution is 2.40. The van der Waals surface area contributed by atoms with Crippen LogP contribution in [0.15, 0.2) is 12.1 Å². The topological polar surface area (TPSA) is 34.2 Å². The lowest BCUT2D eigenvalue weighted by Gasteiger charge is -2.24. The molecule has 3 rings (SSSR count). The second-order valence-corrected chi connectivity index (χ2v) is 6.84. The molecule has 0 bridgehead atoms. The lowest BCUT2D eigenvalue weighted by molar-refractivity contribution is 0.347. The Morgan fingerprint density at radius 3 is 2.65 bits per heavy atom. The van der Waals surface area contributed by atoms with Crippen LogP contribution in [0.1, 0.15) is 43.5 Å². The Kier molecular flexibility index (Phi) is 3.83. The van der Waals surface area contributed by atoms with E-state index in [1.165, 1.54) is 35.4 Å². The monoisotopic (exact) mass is 290 g/mol. The molecule has 108 valence electrons. The minimum Gasteiger partial charge on any atom is -0.495 e. The molecule has 0 radical (unpaired) electrons. The van der Waals surface area contributed by atoms with Crippen molar-refractivity contribution in [3.05, 3.63) is 17.1 Å². The quantitative estimate of drug-likeness (QED) is 0.894. The first kappa shape index (κ1) is 13.7. The number of hydrogen-bond donors (Lipinski definition) is 1. The molecule has 0 aliphatic heterocycles. The molecule has 1 aromatic carbocycles. The van der Waals surface area contributed by atoms with Crippen molar-refractivity contribution in [2.45, 2.75) is 38.5 Å². The molecule has 0 spiro atoms. The summed E-state index contributed by atoms with van der Waals surface area (Å²) in [7, 11) is 3.63. The summed E-state index contributed by atoms with van der Waals surface area (Å²) < 4.78 is 6.67. The third-order valence-electron chi connectivity index (χ3n) is 4.36. The normalized spacial score (nSPS) is 22.9. The van der Waals surface area contributed by atoms with E-state index in [-0.39, 0.29) is 0 Å². The summed E-state index contributed by atoms with van der Waals surface area (Å²) >= 11 is 1.85. The minimum absolute atomic E-state index is 0.660. The van der Waals surface area contributed by atoms with Gasteiger partial charge in [0, 0.05) is 19.0 Å². The molecule has 1 heterocycles. The van der Waals surface area contributed by atoms with Gasteiger partial charge in [-0.2, -0.15) is 0 Å². The zero-order valence-corrected chi connectivity index (χ0v) is 13.2. The van der Waals surface area contributed by atoms with Crippen LogP contribution in [-0.4, -0.2) is 19.1 Å². The van der Waals surface area contributed by atoms with E-state index in [4.69, 9.17) is 9.72 Å². The molecule has 0 unspecified atom stereocenters. The Morgan fingerprint density at radius 1 is 1.25 bits per heavy atom. The molecule has 1 saturated carbocycles. The predicted molar refractivity (Wildman–Crippen MR) is 86.1 cm³/mol. The van der Waals surface area contributed by atoms with Crippen molar-refractivity contribution >= 4 is 27.2 Å². The standard InChI is InChI=1S/C16H22N2OS/c1-10-4-6-11(7-5-10)16-18-13-8-14(19-3)12(17-2)9-15(13)20-16/h8-11,17H,4-7H2,1-3H3/t10-,11-. The molecule has 0 amide bonds. The average molecular weight is 290 g/mol. The lowest BCUT2D eigenvalue weighted by atomic mass is 9.83. The number of hydrogen-bond acceptors (Lipinski definition) is 4. The van der Waals surface area contributed by atoms with E-state index in [0.29, 0.717) is 5.92 Å². The van der Waals surface area contributed by atoms with Gasteiger partial charge in [0.1, 0.15) is 5.75 Å². The second-order valence-electron chi connectivity index (χ2n) is 5.78. The van der Waals surface area contributed by atoms with Crippen LogP contribution in [0.25, 0.3) is 10.2 Å². The first-order chi connectivity index (χ1) is 9.71. The van der Waals surface area contributed by atoms with E-state index in [0.717, 1.165) is 22.9 Å². The van der Waals surface area contributed by atoms with Crippen molar-refractivity contribution in [1.29, 1.82) is 0 Å². The summed E-state index contributed by atoms with van der Waals surface area (Å²) in [4.78, 5) is 4.86. The number of methoxy groups -OCH3 is 1. The van der Waals surface area contributed by atoms with Crippen LogP contribution in [0.5, 0.6) is 5.75 Å². The number of fused-ring (bicyclic) bond motifs is 1. The second kappa shape index (κ2) is 5.60. The van der Waals surface area contributed by atoms with Crippen molar-refractivity contribution in [2.24, 2.45) is 5.92 Å². The molecule has 0 saturated heterocycles. The van der Waals surface area contributed by atoms with Gasteiger partial charge in [-0.1, -0.05) is 19.8 Å². The number of nitrogens with zero attached hydrogens (tertiary/aromatic N) is 1. The lowest BCUT2D eigenvalue weighted by Crippen LogP contribution is -2.10. The number of aromatic nitrogens is 1. The van der Waals surface area contributed by atoms with Crippen LogP contribution in [0.2, 0.25) is 0 Å². The molecule has 1 fully saturated rings. The molecule has 1 aliphatic rings. The summed E-state index contributed by atoms with van der Waals surface area (Å²) in [6, 6.07) is 4.20. The van der Waals surface area contributed by atoms with Crippen molar-refractivity contribution in [3.63, 3.8) is 0 Å². The molecule has 0 atom stereocenters. The summed E-state index contributed by atoms with van der Waals surface area (Å²) in [6.07, 6.45) is 5.26. The Bertz CT molecular complexity index is 559. The van der Waals surface area contributed by atoms with Crippen LogP contribution in [0.4, 0.5) is 5.69 Å². The maximum atomic E-state index is 5.42. The summed E-state index contributed by atoms with van der Waals surface area (Å²) in [5.74, 6) is 2.42. The molecular formula is C16H22N2OS. The fourth-order valence-corrected chi connectivity index (χ4v) is 4.18. The first-order valence-electron chi connectivity index (χ1n) is 7.37. The van der Waals surface area contributed by atoms with Crippen LogP contribution >= 0.6 is 11.3 Å². The highest BCUT2D eigenvalue weighted by atomic mass is 32.1. The number of thiazole rings is 1. The molecule has 2 aromatic rings. The number of rotatable bonds is 3. The van der Waals surface area contributed by atoms with Crippen molar-refractivity contribution in [3.8, 4) is 5.75 Å². The SMILES string of the molecule is CNc1cc2sc([C@H]3CC[C@H](C)CC3)nc2cc1OC. The summed E-state index contributed by atoms with van der Waals surface area (Å²) in [5, 5.41) is 4.49. The van der Waals surface area contributed by atoms with Crippen LogP contribution < -0.4 is 10.1 Å². The van der Waals surface area contributed by atoms with Gasteiger partial charge >= 0.3 is 0 Å². The number of anilines is 1. The van der Waals surface area contributed by atoms with E-state index in [9.17, 15) is 0 Å². The molecule has 1 N–H and O–H groups in total. The fraction of sp³-hybridized carbons (Fsp3) is 0.562. The van der Waals surface area contributed by atoms with Crippen molar-refractivity contribution in [2.75, 3.05) is 19.5 Å². The van der Waals surface area contributed by atoms with Gasteiger partial charge in [-0.3, -0.25) is 0 Å². The van der Waals surface area contributed by atoms with Gasteiger partial charge in [0.15, 0.2) is 0 Å². The third kappa shape index (κ3) is 2.49. The van der Waals surface area contributed by atoms with E-state index >= 15 is 0 Å². The molecule has 1 aromatic heterocycles. The number of benzene rings is 1. The van der Waals surface area contributed by atoms with Crippen LogP contribution in [0.3, 0.4) is 0 Å². The first-order valence-corrected chi connectivity index (χ1v) is 8.19. The van der Waals surface area contributed by atoms with Gasteiger partial charge in [0.25, 0.3) is 0 Å². The zero-order valence-electron chi connectivity index (χ0n) is 12.4. The van der Waals surface area contributed by atoms with E-state index in [1.807, 2.05) is 24.5 Å². The molecule has 4 heteroatoms. The highest BCUT2D eigenvalue weighted by Gasteiger charge is 2.23. The van der Waals surface area contributed by atoms with E-state index < -0.39 is 0 Å². The van der Waals surface area contributed by atoms with Crippen LogP contribution in [-0.2, 0) is 0 Å². The highest BCUT2D eigenvalue weighted by molar-refractivity contribution is 7.18. The number of ether oxygens (including phenoxy) is 1. The van der Waals surface area contributed by atoms with Gasteiger partial charge in [0.05, 0.1) is 28.0 Å². The smallest absolute Gasteiger partial charge is 0.144 e. The Morgan fingerprint density at radius 2 is 2.00 bits per heavy atom. The molecule has 1 aliphatic carbocycles. The predicted octanol–water partition coefficient (Wildman–Crippen LogP) is 4.64. The zero-order chi connectivity index (χ0) is 14.1. The Balaban J connectivity index is 1.94. The van der Waals surface area contributed by atoms with E-state index in [2.05, 4.69) is 18.3 Å². The maximum Gasteiger partial charge on any atom is 0.144 e. The molecule has 20 heavy (non-hydrogen) atoms. The average Bonchev–Trinajstić information content (AvgIpc) is 2.89. The third-order valence-corrected chi connectivity index (χ3v) is 5.54. The fourth-order valence-electron chi connectivity index (χ4n) is 3.02. The van der Waals surface area contributed by atoms with Crippen molar-refractivity contribution < 1.29 is 4.74 Å². The Hall–Kier alpha value is -1.29. The molecule has 3 nitrogen and oxygen atoms in total. The largest absolute Gasteiger partial charge is 0.495 e. The maximum absolute atomic E-state index is 5.42. The van der Waals surface area contributed by atoms with Gasteiger partial charge in [0.2, 0.25) is 0 Å². The Labute approximate surface area is 124 Å². The van der Waals surface area contributed by atoms with Gasteiger partial charge < -0.3 is 10.1 Å².